The zero-order valence-corrected chi connectivity index (χ0v) is 16.1. The molecule has 0 aromatic heterocycles. The van der Waals surface area contributed by atoms with Crippen LogP contribution in [0.2, 0.25) is 0 Å². The first-order valence-corrected chi connectivity index (χ1v) is 9.55. The molecule has 1 unspecified atom stereocenters. The van der Waals surface area contributed by atoms with Crippen LogP contribution in [0.25, 0.3) is 0 Å². The van der Waals surface area contributed by atoms with Crippen molar-refractivity contribution in [2.45, 2.75) is 33.0 Å². The molecule has 146 valence electrons. The van der Waals surface area contributed by atoms with E-state index in [1.807, 2.05) is 44.2 Å². The lowest BCUT2D eigenvalue weighted by molar-refractivity contribution is 0.126. The van der Waals surface area contributed by atoms with Gasteiger partial charge in [0.05, 0.1) is 12.7 Å². The van der Waals surface area contributed by atoms with Gasteiger partial charge in [-0.1, -0.05) is 32.0 Å². The topological polar surface area (TPSA) is 62.2 Å². The van der Waals surface area contributed by atoms with Gasteiger partial charge in [0.15, 0.2) is 0 Å². The van der Waals surface area contributed by atoms with E-state index < -0.39 is 6.10 Å². The summed E-state index contributed by atoms with van der Waals surface area (Å²) in [6, 6.07) is 14.0. The summed E-state index contributed by atoms with van der Waals surface area (Å²) in [6.45, 7) is 7.38. The zero-order chi connectivity index (χ0) is 19.2. The van der Waals surface area contributed by atoms with Crippen molar-refractivity contribution in [2.75, 3.05) is 26.4 Å². The average molecular weight is 371 g/mol. The highest BCUT2D eigenvalue weighted by Crippen LogP contribution is 2.30. The van der Waals surface area contributed by atoms with Crippen molar-refractivity contribution in [3.05, 3.63) is 59.2 Å². The second kappa shape index (κ2) is 9.22. The molecule has 1 atom stereocenters. The van der Waals surface area contributed by atoms with Crippen molar-refractivity contribution >= 4 is 0 Å². The van der Waals surface area contributed by atoms with Gasteiger partial charge in [-0.3, -0.25) is 4.90 Å². The van der Waals surface area contributed by atoms with E-state index in [0.717, 1.165) is 47.8 Å². The molecule has 0 fully saturated rings. The normalized spacial score (nSPS) is 15.7. The predicted molar refractivity (Wildman–Crippen MR) is 105 cm³/mol. The van der Waals surface area contributed by atoms with Gasteiger partial charge in [-0.05, 0) is 41.3 Å². The average Bonchev–Trinajstić information content (AvgIpc) is 2.86. The Kier molecular flexibility index (Phi) is 6.72. The molecule has 5 nitrogen and oxygen atoms in total. The number of hydrogen-bond acceptors (Lipinski definition) is 5. The molecule has 2 N–H and O–H groups in total. The highest BCUT2D eigenvalue weighted by atomic mass is 16.5. The Morgan fingerprint density at radius 2 is 2.04 bits per heavy atom. The van der Waals surface area contributed by atoms with Gasteiger partial charge in [-0.2, -0.15) is 0 Å². The molecule has 2 aromatic rings. The number of hydrogen-bond donors (Lipinski definition) is 2. The van der Waals surface area contributed by atoms with E-state index in [4.69, 9.17) is 14.6 Å². The van der Waals surface area contributed by atoms with Crippen LogP contribution in [-0.2, 0) is 13.1 Å². The molecule has 0 amide bonds. The highest BCUT2D eigenvalue weighted by Gasteiger charge is 2.19. The summed E-state index contributed by atoms with van der Waals surface area (Å²) < 4.78 is 11.4. The Bertz CT molecular complexity index is 747. The summed E-state index contributed by atoms with van der Waals surface area (Å²) in [5, 5.41) is 19.3. The van der Waals surface area contributed by atoms with Crippen LogP contribution in [0.4, 0.5) is 0 Å². The van der Waals surface area contributed by atoms with E-state index in [9.17, 15) is 5.11 Å². The molecule has 3 rings (SSSR count). The first kappa shape index (κ1) is 19.7. The molecule has 1 heterocycles. The van der Waals surface area contributed by atoms with Crippen molar-refractivity contribution in [1.29, 1.82) is 0 Å². The van der Waals surface area contributed by atoms with Crippen molar-refractivity contribution in [3.8, 4) is 11.5 Å². The fraction of sp³-hybridized carbons (Fsp3) is 0.455. The summed E-state index contributed by atoms with van der Waals surface area (Å²) in [6.07, 6.45) is -0.465. The minimum absolute atomic E-state index is 0.00897. The molecular formula is C22H29NO4. The number of aliphatic hydroxyl groups is 2. The monoisotopic (exact) mass is 371 g/mol. The van der Waals surface area contributed by atoms with Crippen molar-refractivity contribution < 1.29 is 19.7 Å². The van der Waals surface area contributed by atoms with Gasteiger partial charge < -0.3 is 19.7 Å². The van der Waals surface area contributed by atoms with Gasteiger partial charge in [0.1, 0.15) is 24.7 Å². The van der Waals surface area contributed by atoms with Crippen LogP contribution < -0.4 is 9.47 Å². The lowest BCUT2D eigenvalue weighted by Crippen LogP contribution is -2.25. The van der Waals surface area contributed by atoms with Crippen LogP contribution in [0.15, 0.2) is 42.5 Å². The maximum atomic E-state index is 10.4. The third-order valence-corrected chi connectivity index (χ3v) is 4.78. The second-order valence-corrected chi connectivity index (χ2v) is 7.33. The summed E-state index contributed by atoms with van der Waals surface area (Å²) in [5.74, 6) is 1.85. The smallest absolute Gasteiger partial charge is 0.123 e. The molecule has 0 saturated heterocycles. The molecule has 0 aliphatic carbocycles. The molecule has 27 heavy (non-hydrogen) atoms. The lowest BCUT2D eigenvalue weighted by Gasteiger charge is -2.21. The van der Waals surface area contributed by atoms with Crippen LogP contribution in [0.3, 0.4) is 0 Å². The van der Waals surface area contributed by atoms with Gasteiger partial charge in [0, 0.05) is 25.2 Å². The Hall–Kier alpha value is -2.08. The maximum absolute atomic E-state index is 10.4. The predicted octanol–water partition coefficient (Wildman–Crippen LogP) is 3.14. The SMILES string of the molecule is CC(C)C(O)c1ccc2c(c1)CN(Cc1cccc(OCCO)c1)CCO2. The molecule has 1 aliphatic rings. The van der Waals surface area contributed by atoms with E-state index in [1.165, 1.54) is 0 Å². The molecular weight excluding hydrogens is 342 g/mol. The van der Waals surface area contributed by atoms with Gasteiger partial charge in [0.25, 0.3) is 0 Å². The number of nitrogens with zero attached hydrogens (tertiary/aromatic N) is 1. The van der Waals surface area contributed by atoms with Crippen LogP contribution in [0.5, 0.6) is 11.5 Å². The van der Waals surface area contributed by atoms with Gasteiger partial charge in [-0.15, -0.1) is 0 Å². The summed E-state index contributed by atoms with van der Waals surface area (Å²) in [4.78, 5) is 2.34. The first-order chi connectivity index (χ1) is 13.1. The van der Waals surface area contributed by atoms with Crippen LogP contribution >= 0.6 is 0 Å². The Labute approximate surface area is 161 Å². The van der Waals surface area contributed by atoms with Crippen LogP contribution in [-0.4, -0.2) is 41.5 Å². The molecule has 5 heteroatoms. The zero-order valence-electron chi connectivity index (χ0n) is 16.1. The summed E-state index contributed by atoms with van der Waals surface area (Å²) >= 11 is 0. The number of aliphatic hydroxyl groups excluding tert-OH is 2. The molecule has 1 aliphatic heterocycles. The summed E-state index contributed by atoms with van der Waals surface area (Å²) in [5.41, 5.74) is 3.21. The van der Waals surface area contributed by atoms with Crippen LogP contribution in [0.1, 0.15) is 36.6 Å². The van der Waals surface area contributed by atoms with Crippen molar-refractivity contribution in [2.24, 2.45) is 5.92 Å². The van der Waals surface area contributed by atoms with E-state index in [2.05, 4.69) is 17.0 Å². The lowest BCUT2D eigenvalue weighted by atomic mass is 9.97. The fourth-order valence-corrected chi connectivity index (χ4v) is 3.33. The summed E-state index contributed by atoms with van der Waals surface area (Å²) in [7, 11) is 0. The Balaban J connectivity index is 1.73. The molecule has 2 aromatic carbocycles. The molecule has 0 radical (unpaired) electrons. The molecule has 0 bridgehead atoms. The van der Waals surface area contributed by atoms with E-state index in [-0.39, 0.29) is 12.5 Å². The third kappa shape index (κ3) is 5.22. The molecule has 0 spiro atoms. The van der Waals surface area contributed by atoms with E-state index in [1.54, 1.807) is 0 Å². The van der Waals surface area contributed by atoms with Gasteiger partial charge in [0.2, 0.25) is 0 Å². The number of benzene rings is 2. The minimum atomic E-state index is -0.465. The standard InChI is InChI=1S/C22H29NO4/c1-16(2)22(25)18-6-7-21-19(13-18)15-23(8-10-27-21)14-17-4-3-5-20(12-17)26-11-9-24/h3-7,12-13,16,22,24-25H,8-11,14-15H2,1-2H3. The Morgan fingerprint density at radius 1 is 1.19 bits per heavy atom. The maximum Gasteiger partial charge on any atom is 0.123 e. The van der Waals surface area contributed by atoms with E-state index in [0.29, 0.717) is 13.2 Å². The van der Waals surface area contributed by atoms with E-state index >= 15 is 0 Å². The van der Waals surface area contributed by atoms with Crippen molar-refractivity contribution in [3.63, 3.8) is 0 Å². The second-order valence-electron chi connectivity index (χ2n) is 7.33. The Morgan fingerprint density at radius 3 is 2.81 bits per heavy atom. The first-order valence-electron chi connectivity index (χ1n) is 9.55. The number of ether oxygens (including phenoxy) is 2. The molecule has 0 saturated carbocycles. The minimum Gasteiger partial charge on any atom is -0.492 e. The quantitative estimate of drug-likeness (QED) is 0.783. The fourth-order valence-electron chi connectivity index (χ4n) is 3.33. The van der Waals surface area contributed by atoms with Crippen molar-refractivity contribution in [1.82, 2.24) is 4.90 Å². The van der Waals surface area contributed by atoms with Gasteiger partial charge >= 0.3 is 0 Å². The largest absolute Gasteiger partial charge is 0.492 e. The third-order valence-electron chi connectivity index (χ3n) is 4.78. The highest BCUT2D eigenvalue weighted by molar-refractivity contribution is 5.39. The number of rotatable bonds is 7. The van der Waals surface area contributed by atoms with Gasteiger partial charge in [-0.25, -0.2) is 0 Å². The number of fused-ring (bicyclic) bond motifs is 1. The van der Waals surface area contributed by atoms with Crippen LogP contribution in [0, 0.1) is 5.92 Å².